The molecule has 1 N–H and O–H groups in total. The van der Waals surface area contributed by atoms with E-state index in [1.807, 2.05) is 0 Å². The normalized spacial score (nSPS) is 31.3. The van der Waals surface area contributed by atoms with E-state index in [0.29, 0.717) is 18.8 Å². The second-order valence-corrected chi connectivity index (χ2v) is 6.12. The van der Waals surface area contributed by atoms with Crippen molar-refractivity contribution in [3.05, 3.63) is 0 Å². The molecule has 0 saturated carbocycles. The van der Waals surface area contributed by atoms with Gasteiger partial charge in [0.05, 0.1) is 19.3 Å². The second kappa shape index (κ2) is 6.85. The molecule has 0 aliphatic carbocycles. The van der Waals surface area contributed by atoms with Crippen molar-refractivity contribution in [1.29, 1.82) is 0 Å². The monoisotopic (exact) mass is 256 g/mol. The smallest absolute Gasteiger partial charge is 0.0829 e. The van der Waals surface area contributed by atoms with Crippen molar-refractivity contribution in [2.45, 2.75) is 38.8 Å². The predicted octanol–water partition coefficient (Wildman–Crippen LogP) is 0.800. The van der Waals surface area contributed by atoms with Crippen LogP contribution in [-0.4, -0.2) is 73.0 Å². The van der Waals surface area contributed by atoms with Crippen molar-refractivity contribution in [2.75, 3.05) is 45.9 Å². The zero-order valence-corrected chi connectivity index (χ0v) is 11.8. The average Bonchev–Trinajstić information content (AvgIpc) is 2.76. The van der Waals surface area contributed by atoms with Gasteiger partial charge in [-0.25, -0.2) is 0 Å². The number of nitrogens with zero attached hydrogens (tertiary/aromatic N) is 2. The molecule has 0 bridgehead atoms. The third kappa shape index (κ3) is 3.92. The van der Waals surface area contributed by atoms with Crippen molar-refractivity contribution in [1.82, 2.24) is 9.80 Å². The summed E-state index contributed by atoms with van der Waals surface area (Å²) in [5.74, 6) is 0.723. The standard InChI is InChI=1S/C14H28N2O2/c1-12(2)8-15-6-7-18-14(9-15)10-16-5-3-4-13(16)11-17/h12-14,17H,3-11H2,1-2H3. The number of ether oxygens (including phenoxy) is 1. The third-order valence-corrected chi connectivity index (χ3v) is 3.99. The number of hydrogen-bond donors (Lipinski definition) is 1. The Balaban J connectivity index is 1.78. The summed E-state index contributed by atoms with van der Waals surface area (Å²) >= 11 is 0. The van der Waals surface area contributed by atoms with E-state index in [4.69, 9.17) is 4.74 Å². The SMILES string of the molecule is CC(C)CN1CCOC(CN2CCCC2CO)C1. The van der Waals surface area contributed by atoms with Crippen molar-refractivity contribution in [3.8, 4) is 0 Å². The molecule has 0 spiro atoms. The highest BCUT2D eigenvalue weighted by Crippen LogP contribution is 2.18. The zero-order chi connectivity index (χ0) is 13.0. The van der Waals surface area contributed by atoms with Gasteiger partial charge < -0.3 is 9.84 Å². The Labute approximate surface area is 111 Å². The van der Waals surface area contributed by atoms with Gasteiger partial charge >= 0.3 is 0 Å². The summed E-state index contributed by atoms with van der Waals surface area (Å²) in [6.45, 7) is 11.1. The fraction of sp³-hybridized carbons (Fsp3) is 1.00. The lowest BCUT2D eigenvalue weighted by atomic mass is 10.1. The third-order valence-electron chi connectivity index (χ3n) is 3.99. The number of rotatable bonds is 5. The van der Waals surface area contributed by atoms with Crippen LogP contribution in [0.4, 0.5) is 0 Å². The Morgan fingerprint density at radius 3 is 2.89 bits per heavy atom. The number of likely N-dealkylation sites (tertiary alicyclic amines) is 1. The Morgan fingerprint density at radius 2 is 2.17 bits per heavy atom. The van der Waals surface area contributed by atoms with E-state index >= 15 is 0 Å². The van der Waals surface area contributed by atoms with Crippen LogP contribution in [0.1, 0.15) is 26.7 Å². The first-order chi connectivity index (χ1) is 8.69. The first kappa shape index (κ1) is 14.3. The van der Waals surface area contributed by atoms with Gasteiger partial charge in [-0.3, -0.25) is 9.80 Å². The maximum Gasteiger partial charge on any atom is 0.0829 e. The van der Waals surface area contributed by atoms with Crippen molar-refractivity contribution < 1.29 is 9.84 Å². The van der Waals surface area contributed by atoms with Crippen LogP contribution in [0.3, 0.4) is 0 Å². The molecule has 2 aliphatic heterocycles. The van der Waals surface area contributed by atoms with Gasteiger partial charge in [0.25, 0.3) is 0 Å². The van der Waals surface area contributed by atoms with Crippen LogP contribution < -0.4 is 0 Å². The first-order valence-corrected chi connectivity index (χ1v) is 7.38. The minimum atomic E-state index is 0.294. The van der Waals surface area contributed by atoms with E-state index in [0.717, 1.165) is 45.1 Å². The molecule has 18 heavy (non-hydrogen) atoms. The minimum absolute atomic E-state index is 0.294. The van der Waals surface area contributed by atoms with E-state index in [9.17, 15) is 5.11 Å². The highest BCUT2D eigenvalue weighted by molar-refractivity contribution is 4.83. The van der Waals surface area contributed by atoms with Crippen LogP contribution in [0.5, 0.6) is 0 Å². The lowest BCUT2D eigenvalue weighted by molar-refractivity contribution is -0.0494. The molecular formula is C14H28N2O2. The Hall–Kier alpha value is -0.160. The summed E-state index contributed by atoms with van der Waals surface area (Å²) in [5, 5.41) is 9.34. The van der Waals surface area contributed by atoms with E-state index in [1.165, 1.54) is 13.0 Å². The van der Waals surface area contributed by atoms with Crippen LogP contribution >= 0.6 is 0 Å². The molecule has 2 saturated heterocycles. The average molecular weight is 256 g/mol. The molecule has 4 nitrogen and oxygen atoms in total. The molecular weight excluding hydrogens is 228 g/mol. The van der Waals surface area contributed by atoms with Crippen molar-refractivity contribution >= 4 is 0 Å². The van der Waals surface area contributed by atoms with Crippen LogP contribution in [0.2, 0.25) is 0 Å². The van der Waals surface area contributed by atoms with Gasteiger partial charge in [0.2, 0.25) is 0 Å². The Kier molecular flexibility index (Phi) is 5.42. The molecule has 4 heteroatoms. The van der Waals surface area contributed by atoms with Gasteiger partial charge in [-0.1, -0.05) is 13.8 Å². The topological polar surface area (TPSA) is 35.9 Å². The van der Waals surface area contributed by atoms with Crippen LogP contribution in [0.15, 0.2) is 0 Å². The second-order valence-electron chi connectivity index (χ2n) is 6.12. The predicted molar refractivity (Wildman–Crippen MR) is 72.7 cm³/mol. The molecule has 2 aliphatic rings. The van der Waals surface area contributed by atoms with E-state index in [2.05, 4.69) is 23.6 Å². The highest BCUT2D eigenvalue weighted by Gasteiger charge is 2.29. The highest BCUT2D eigenvalue weighted by atomic mass is 16.5. The maximum absolute atomic E-state index is 9.34. The molecule has 2 heterocycles. The van der Waals surface area contributed by atoms with Crippen LogP contribution in [0, 0.1) is 5.92 Å². The first-order valence-electron chi connectivity index (χ1n) is 7.38. The van der Waals surface area contributed by atoms with Gasteiger partial charge in [0, 0.05) is 32.2 Å². The molecule has 106 valence electrons. The zero-order valence-electron chi connectivity index (χ0n) is 11.8. The summed E-state index contributed by atoms with van der Waals surface area (Å²) in [4.78, 5) is 4.92. The van der Waals surface area contributed by atoms with Gasteiger partial charge in [-0.2, -0.15) is 0 Å². The van der Waals surface area contributed by atoms with E-state index in [1.54, 1.807) is 0 Å². The number of hydrogen-bond acceptors (Lipinski definition) is 4. The fourth-order valence-electron chi connectivity index (χ4n) is 3.18. The van der Waals surface area contributed by atoms with E-state index in [-0.39, 0.29) is 0 Å². The quantitative estimate of drug-likeness (QED) is 0.789. The van der Waals surface area contributed by atoms with Gasteiger partial charge in [-0.15, -0.1) is 0 Å². The molecule has 2 unspecified atom stereocenters. The van der Waals surface area contributed by atoms with Crippen molar-refractivity contribution in [2.24, 2.45) is 5.92 Å². The molecule has 0 aromatic carbocycles. The van der Waals surface area contributed by atoms with Crippen molar-refractivity contribution in [3.63, 3.8) is 0 Å². The van der Waals surface area contributed by atoms with Crippen LogP contribution in [-0.2, 0) is 4.74 Å². The summed E-state index contributed by atoms with van der Waals surface area (Å²) in [6, 6.07) is 0.370. The molecule has 0 aromatic rings. The Morgan fingerprint density at radius 1 is 1.33 bits per heavy atom. The number of morpholine rings is 1. The number of aliphatic hydroxyl groups excluding tert-OH is 1. The molecule has 0 aromatic heterocycles. The molecule has 0 radical (unpaired) electrons. The minimum Gasteiger partial charge on any atom is -0.395 e. The summed E-state index contributed by atoms with van der Waals surface area (Å²) in [6.07, 6.45) is 2.68. The summed E-state index contributed by atoms with van der Waals surface area (Å²) in [5.41, 5.74) is 0. The van der Waals surface area contributed by atoms with Crippen LogP contribution in [0.25, 0.3) is 0 Å². The van der Waals surface area contributed by atoms with Gasteiger partial charge in [0.15, 0.2) is 0 Å². The summed E-state index contributed by atoms with van der Waals surface area (Å²) in [7, 11) is 0. The molecule has 0 amide bonds. The lowest BCUT2D eigenvalue weighted by Crippen LogP contribution is -2.49. The maximum atomic E-state index is 9.34. The number of aliphatic hydroxyl groups is 1. The van der Waals surface area contributed by atoms with Gasteiger partial charge in [-0.05, 0) is 25.3 Å². The molecule has 2 rings (SSSR count). The fourth-order valence-corrected chi connectivity index (χ4v) is 3.18. The molecule has 2 atom stereocenters. The largest absolute Gasteiger partial charge is 0.395 e. The lowest BCUT2D eigenvalue weighted by Gasteiger charge is -2.36. The van der Waals surface area contributed by atoms with Gasteiger partial charge in [0.1, 0.15) is 0 Å². The molecule has 2 fully saturated rings. The summed E-state index contributed by atoms with van der Waals surface area (Å²) < 4.78 is 5.88. The van der Waals surface area contributed by atoms with E-state index < -0.39 is 0 Å². The Bertz CT molecular complexity index is 248.